The minimum absolute atomic E-state index is 0.474. The number of pyridine rings is 1. The summed E-state index contributed by atoms with van der Waals surface area (Å²) in [6.07, 6.45) is 3.45. The molecule has 0 amide bonds. The Kier molecular flexibility index (Phi) is 4.16. The fourth-order valence-electron chi connectivity index (χ4n) is 2.46. The largest absolute Gasteiger partial charge is 0.356 e. The summed E-state index contributed by atoms with van der Waals surface area (Å²) in [5, 5.41) is 12.6. The van der Waals surface area contributed by atoms with Gasteiger partial charge in [0.15, 0.2) is 0 Å². The molecule has 0 radical (unpaired) electrons. The molecule has 0 spiro atoms. The first kappa shape index (κ1) is 12.8. The predicted octanol–water partition coefficient (Wildman–Crippen LogP) is 1.84. The second kappa shape index (κ2) is 5.83. The van der Waals surface area contributed by atoms with Crippen LogP contribution in [0, 0.1) is 18.3 Å². The first-order valence-corrected chi connectivity index (χ1v) is 6.53. The molecule has 4 nitrogen and oxygen atoms in total. The van der Waals surface area contributed by atoms with E-state index in [1.54, 1.807) is 0 Å². The Bertz CT molecular complexity index is 442. The lowest BCUT2D eigenvalue weighted by Crippen LogP contribution is -2.33. The number of nitriles is 1. The van der Waals surface area contributed by atoms with E-state index in [1.165, 1.54) is 6.42 Å². The summed E-state index contributed by atoms with van der Waals surface area (Å²) in [5.41, 5.74) is 1.63. The van der Waals surface area contributed by atoms with Gasteiger partial charge in [0, 0.05) is 18.8 Å². The number of aromatic nitrogens is 1. The normalized spacial score (nSPS) is 19.9. The number of hydrogen-bond donors (Lipinski definition) is 1. The van der Waals surface area contributed by atoms with E-state index in [0.717, 1.165) is 37.4 Å². The summed E-state index contributed by atoms with van der Waals surface area (Å²) in [7, 11) is 2.05. The van der Waals surface area contributed by atoms with Crippen LogP contribution in [0.5, 0.6) is 0 Å². The quantitative estimate of drug-likeness (QED) is 0.862. The molecule has 96 valence electrons. The van der Waals surface area contributed by atoms with Crippen molar-refractivity contribution in [3.05, 3.63) is 23.4 Å². The van der Waals surface area contributed by atoms with Gasteiger partial charge in [0.25, 0.3) is 0 Å². The van der Waals surface area contributed by atoms with Gasteiger partial charge in [0.1, 0.15) is 11.9 Å². The van der Waals surface area contributed by atoms with Crippen molar-refractivity contribution < 1.29 is 0 Å². The third kappa shape index (κ3) is 2.80. The van der Waals surface area contributed by atoms with Crippen LogP contribution < -0.4 is 10.2 Å². The molecule has 0 aliphatic carbocycles. The lowest BCUT2D eigenvalue weighted by atomic mass is 10.1. The van der Waals surface area contributed by atoms with Crippen LogP contribution in [0.25, 0.3) is 0 Å². The van der Waals surface area contributed by atoms with Crippen LogP contribution in [0.15, 0.2) is 12.1 Å². The average molecular weight is 244 g/mol. The van der Waals surface area contributed by atoms with Gasteiger partial charge in [-0.05, 0) is 51.4 Å². The van der Waals surface area contributed by atoms with E-state index in [4.69, 9.17) is 0 Å². The zero-order valence-corrected chi connectivity index (χ0v) is 11.1. The van der Waals surface area contributed by atoms with Gasteiger partial charge < -0.3 is 10.2 Å². The lowest BCUT2D eigenvalue weighted by molar-refractivity contribution is 0.562. The standard InChI is InChI=1S/C14H20N4/c1-11-5-6-12(10-15)14(17-11)18(2)13-4-3-8-16-9-7-13/h5-6,13,16H,3-4,7-9H2,1-2H3. The van der Waals surface area contributed by atoms with Crippen LogP contribution in [-0.2, 0) is 0 Å². The molecule has 1 aromatic heterocycles. The van der Waals surface area contributed by atoms with Crippen molar-refractivity contribution >= 4 is 5.82 Å². The number of nitrogens with one attached hydrogen (secondary N) is 1. The highest BCUT2D eigenvalue weighted by atomic mass is 15.2. The molecule has 0 bridgehead atoms. The highest BCUT2D eigenvalue weighted by molar-refractivity contribution is 5.54. The lowest BCUT2D eigenvalue weighted by Gasteiger charge is -2.28. The van der Waals surface area contributed by atoms with Crippen molar-refractivity contribution in [1.29, 1.82) is 5.26 Å². The second-order valence-corrected chi connectivity index (χ2v) is 4.88. The van der Waals surface area contributed by atoms with Crippen molar-refractivity contribution in [1.82, 2.24) is 10.3 Å². The summed E-state index contributed by atoms with van der Waals surface area (Å²) in [6, 6.07) is 6.47. The minimum atomic E-state index is 0.474. The van der Waals surface area contributed by atoms with Crippen LogP contribution >= 0.6 is 0 Å². The molecule has 4 heteroatoms. The molecule has 1 saturated heterocycles. The Morgan fingerprint density at radius 1 is 1.39 bits per heavy atom. The molecule has 0 saturated carbocycles. The topological polar surface area (TPSA) is 52.0 Å². The fraction of sp³-hybridized carbons (Fsp3) is 0.571. The number of rotatable bonds is 2. The summed E-state index contributed by atoms with van der Waals surface area (Å²) in [6.45, 7) is 4.10. The number of aryl methyl sites for hydroxylation is 1. The first-order valence-electron chi connectivity index (χ1n) is 6.53. The Morgan fingerprint density at radius 3 is 3.00 bits per heavy atom. The third-order valence-corrected chi connectivity index (χ3v) is 3.56. The molecule has 2 rings (SSSR count). The molecule has 1 aliphatic heterocycles. The molecule has 2 heterocycles. The van der Waals surface area contributed by atoms with Gasteiger partial charge in [0.05, 0.1) is 5.56 Å². The van der Waals surface area contributed by atoms with Crippen molar-refractivity contribution in [2.24, 2.45) is 0 Å². The van der Waals surface area contributed by atoms with Crippen molar-refractivity contribution in [3.8, 4) is 6.07 Å². The molecule has 0 aromatic carbocycles. The minimum Gasteiger partial charge on any atom is -0.356 e. The Balaban J connectivity index is 2.24. The van der Waals surface area contributed by atoms with E-state index in [0.29, 0.717) is 11.6 Å². The smallest absolute Gasteiger partial charge is 0.146 e. The summed E-state index contributed by atoms with van der Waals surface area (Å²) < 4.78 is 0. The SMILES string of the molecule is Cc1ccc(C#N)c(N(C)C2CCCNCC2)n1. The summed E-state index contributed by atoms with van der Waals surface area (Å²) >= 11 is 0. The van der Waals surface area contributed by atoms with Crippen LogP contribution in [0.4, 0.5) is 5.82 Å². The fourth-order valence-corrected chi connectivity index (χ4v) is 2.46. The molecular formula is C14H20N4. The molecule has 1 aliphatic rings. The van der Waals surface area contributed by atoms with Gasteiger partial charge in [0.2, 0.25) is 0 Å². The van der Waals surface area contributed by atoms with Crippen molar-refractivity contribution in [2.45, 2.75) is 32.2 Å². The Hall–Kier alpha value is -1.60. The maximum Gasteiger partial charge on any atom is 0.146 e. The highest BCUT2D eigenvalue weighted by Gasteiger charge is 2.20. The van der Waals surface area contributed by atoms with E-state index in [9.17, 15) is 5.26 Å². The second-order valence-electron chi connectivity index (χ2n) is 4.88. The van der Waals surface area contributed by atoms with E-state index >= 15 is 0 Å². The van der Waals surface area contributed by atoms with E-state index in [-0.39, 0.29) is 0 Å². The molecule has 18 heavy (non-hydrogen) atoms. The van der Waals surface area contributed by atoms with Crippen LogP contribution in [0.3, 0.4) is 0 Å². The number of hydrogen-bond acceptors (Lipinski definition) is 4. The molecule has 1 fully saturated rings. The zero-order chi connectivity index (χ0) is 13.0. The van der Waals surface area contributed by atoms with Gasteiger partial charge in [-0.15, -0.1) is 0 Å². The monoisotopic (exact) mass is 244 g/mol. The van der Waals surface area contributed by atoms with Crippen molar-refractivity contribution in [2.75, 3.05) is 25.0 Å². The molecule has 1 atom stereocenters. The van der Waals surface area contributed by atoms with Crippen LogP contribution in [0.2, 0.25) is 0 Å². The molecule has 1 aromatic rings. The maximum atomic E-state index is 9.18. The van der Waals surface area contributed by atoms with Crippen molar-refractivity contribution in [3.63, 3.8) is 0 Å². The summed E-state index contributed by atoms with van der Waals surface area (Å²) in [4.78, 5) is 6.71. The Morgan fingerprint density at radius 2 is 2.22 bits per heavy atom. The third-order valence-electron chi connectivity index (χ3n) is 3.56. The van der Waals surface area contributed by atoms with Gasteiger partial charge in [-0.2, -0.15) is 5.26 Å². The van der Waals surface area contributed by atoms with E-state index in [2.05, 4.69) is 28.3 Å². The molecular weight excluding hydrogens is 224 g/mol. The van der Waals surface area contributed by atoms with Gasteiger partial charge in [-0.3, -0.25) is 0 Å². The van der Waals surface area contributed by atoms with Gasteiger partial charge >= 0.3 is 0 Å². The number of anilines is 1. The van der Waals surface area contributed by atoms with Gasteiger partial charge in [-0.1, -0.05) is 0 Å². The van der Waals surface area contributed by atoms with Gasteiger partial charge in [-0.25, -0.2) is 4.98 Å². The van der Waals surface area contributed by atoms with E-state index < -0.39 is 0 Å². The first-order chi connectivity index (χ1) is 8.72. The van der Waals surface area contributed by atoms with Crippen LogP contribution in [-0.4, -0.2) is 31.2 Å². The van der Waals surface area contributed by atoms with E-state index in [1.807, 2.05) is 19.1 Å². The number of nitrogens with zero attached hydrogens (tertiary/aromatic N) is 3. The van der Waals surface area contributed by atoms with Crippen LogP contribution in [0.1, 0.15) is 30.5 Å². The average Bonchev–Trinajstić information content (AvgIpc) is 2.66. The zero-order valence-electron chi connectivity index (χ0n) is 11.1. The Labute approximate surface area is 109 Å². The maximum absolute atomic E-state index is 9.18. The molecule has 1 unspecified atom stereocenters. The predicted molar refractivity (Wildman–Crippen MR) is 72.6 cm³/mol. The molecule has 1 N–H and O–H groups in total. The highest BCUT2D eigenvalue weighted by Crippen LogP contribution is 2.22. The summed E-state index contributed by atoms with van der Waals surface area (Å²) in [5.74, 6) is 0.824.